The molecule has 1 aliphatic carbocycles. The Balaban J connectivity index is 2.03. The number of nitrogens with zero attached hydrogens (tertiary/aromatic N) is 4. The molecule has 10 nitrogen and oxygen atoms in total. The minimum Gasteiger partial charge on any atom is -0.478 e. The molecule has 0 radical (unpaired) electrons. The van der Waals surface area contributed by atoms with Gasteiger partial charge in [-0.3, -0.25) is 4.31 Å². The molecule has 0 unspecified atom stereocenters. The Hall–Kier alpha value is -2.66. The lowest BCUT2D eigenvalue weighted by Crippen LogP contribution is -2.32. The van der Waals surface area contributed by atoms with Gasteiger partial charge in [-0.25, -0.2) is 18.2 Å². The highest BCUT2D eigenvalue weighted by Gasteiger charge is 2.35. The third-order valence-electron chi connectivity index (χ3n) is 5.57. The summed E-state index contributed by atoms with van der Waals surface area (Å²) in [7, 11) is -1.13. The molecule has 3 rings (SSSR count). The molecule has 0 spiro atoms. The van der Waals surface area contributed by atoms with Crippen molar-refractivity contribution in [3.63, 3.8) is 0 Å². The Morgan fingerprint density at radius 2 is 1.97 bits per heavy atom. The minimum atomic E-state index is -4.05. The summed E-state index contributed by atoms with van der Waals surface area (Å²) in [5.41, 5.74) is 0.176. The average molecular weight is 453 g/mol. The summed E-state index contributed by atoms with van der Waals surface area (Å²) in [4.78, 5) is 18.2. The third kappa shape index (κ3) is 4.82. The number of sulfonamides is 1. The first-order valence-electron chi connectivity index (χ1n) is 9.97. The number of ether oxygens (including phenoxy) is 1. The summed E-state index contributed by atoms with van der Waals surface area (Å²) in [6.45, 7) is 6.85. The maximum absolute atomic E-state index is 13.2. The fourth-order valence-corrected chi connectivity index (χ4v) is 4.91. The molecule has 0 bridgehead atoms. The second kappa shape index (κ2) is 8.83. The van der Waals surface area contributed by atoms with Crippen molar-refractivity contribution in [3.8, 4) is 0 Å². The molecule has 0 aliphatic heterocycles. The van der Waals surface area contributed by atoms with Crippen LogP contribution in [0.2, 0.25) is 0 Å². The van der Waals surface area contributed by atoms with Gasteiger partial charge in [-0.2, -0.15) is 0 Å². The SMILES string of the molecule is COCCN(C[C@@H]1C[C@H]1C)c1cc(C(=O)O)cc(N(C)S(=O)(=O)c2c(C)noc2C)n1. The van der Waals surface area contributed by atoms with Crippen molar-refractivity contribution in [2.45, 2.75) is 32.1 Å². The highest BCUT2D eigenvalue weighted by Crippen LogP contribution is 2.39. The van der Waals surface area contributed by atoms with E-state index in [4.69, 9.17) is 9.26 Å². The number of carbonyl (C=O) groups is 1. The van der Waals surface area contributed by atoms with Gasteiger partial charge >= 0.3 is 5.97 Å². The zero-order valence-corrected chi connectivity index (χ0v) is 19.1. The van der Waals surface area contributed by atoms with Gasteiger partial charge in [0.25, 0.3) is 10.0 Å². The molecule has 1 fully saturated rings. The van der Waals surface area contributed by atoms with Crippen molar-refractivity contribution in [3.05, 3.63) is 29.2 Å². The zero-order chi connectivity index (χ0) is 22.9. The lowest BCUT2D eigenvalue weighted by Gasteiger charge is -2.26. The first-order valence-corrected chi connectivity index (χ1v) is 11.4. The summed E-state index contributed by atoms with van der Waals surface area (Å²) in [6, 6.07) is 2.71. The summed E-state index contributed by atoms with van der Waals surface area (Å²) in [5, 5.41) is 13.3. The van der Waals surface area contributed by atoms with Crippen LogP contribution in [0.3, 0.4) is 0 Å². The smallest absolute Gasteiger partial charge is 0.335 e. The fourth-order valence-electron chi connectivity index (χ4n) is 3.49. The van der Waals surface area contributed by atoms with Crippen LogP contribution in [0, 0.1) is 25.7 Å². The van der Waals surface area contributed by atoms with Crippen LogP contribution in [0.15, 0.2) is 21.6 Å². The molecule has 1 aliphatic rings. The van der Waals surface area contributed by atoms with Gasteiger partial charge in [0, 0.05) is 27.2 Å². The number of anilines is 2. The lowest BCUT2D eigenvalue weighted by molar-refractivity contribution is 0.0696. The largest absolute Gasteiger partial charge is 0.478 e. The Labute approximate surface area is 181 Å². The van der Waals surface area contributed by atoms with Crippen molar-refractivity contribution in [2.75, 3.05) is 43.1 Å². The predicted molar refractivity (Wildman–Crippen MR) is 114 cm³/mol. The van der Waals surface area contributed by atoms with Crippen LogP contribution >= 0.6 is 0 Å². The van der Waals surface area contributed by atoms with Crippen LogP contribution in [-0.4, -0.2) is 63.5 Å². The average Bonchev–Trinajstić information content (AvgIpc) is 3.30. The minimum absolute atomic E-state index is 0.00108. The lowest BCUT2D eigenvalue weighted by atomic mass is 10.2. The van der Waals surface area contributed by atoms with Crippen molar-refractivity contribution < 1.29 is 27.6 Å². The number of hydrogen-bond donors (Lipinski definition) is 1. The van der Waals surface area contributed by atoms with Crippen LogP contribution in [0.25, 0.3) is 0 Å². The summed E-state index contributed by atoms with van der Waals surface area (Å²) in [6.07, 6.45) is 1.09. The Morgan fingerprint density at radius 3 is 2.48 bits per heavy atom. The first kappa shape index (κ1) is 23.0. The quantitative estimate of drug-likeness (QED) is 0.578. The van der Waals surface area contributed by atoms with Gasteiger partial charge in [0.15, 0.2) is 10.7 Å². The highest BCUT2D eigenvalue weighted by molar-refractivity contribution is 7.92. The highest BCUT2D eigenvalue weighted by atomic mass is 32.2. The van der Waals surface area contributed by atoms with Crippen molar-refractivity contribution in [1.29, 1.82) is 0 Å². The molecule has 170 valence electrons. The van der Waals surface area contributed by atoms with E-state index in [1.165, 1.54) is 33.0 Å². The molecule has 2 atom stereocenters. The van der Waals surface area contributed by atoms with Gasteiger partial charge in [0.1, 0.15) is 17.3 Å². The number of aromatic carboxylic acids is 1. The monoisotopic (exact) mass is 452 g/mol. The molecule has 11 heteroatoms. The molecule has 0 aromatic carbocycles. The van der Waals surface area contributed by atoms with Crippen LogP contribution in [-0.2, 0) is 14.8 Å². The topological polar surface area (TPSA) is 126 Å². The molecule has 0 saturated heterocycles. The first-order chi connectivity index (χ1) is 14.6. The van der Waals surface area contributed by atoms with E-state index in [1.807, 2.05) is 4.90 Å². The number of pyridine rings is 1. The van der Waals surface area contributed by atoms with Gasteiger partial charge in [-0.1, -0.05) is 12.1 Å². The second-order valence-corrected chi connectivity index (χ2v) is 9.82. The fraction of sp³-hybridized carbons (Fsp3) is 0.550. The van der Waals surface area contributed by atoms with Gasteiger partial charge in [-0.15, -0.1) is 0 Å². The summed E-state index contributed by atoms with van der Waals surface area (Å²) < 4.78 is 37.6. The van der Waals surface area contributed by atoms with Crippen LogP contribution < -0.4 is 9.21 Å². The second-order valence-electron chi connectivity index (χ2n) is 7.92. The maximum atomic E-state index is 13.2. The van der Waals surface area contributed by atoms with Gasteiger partial charge < -0.3 is 19.3 Å². The molecular formula is C20H28N4O6S. The number of aromatic nitrogens is 2. The third-order valence-corrected chi connectivity index (χ3v) is 7.58. The Kier molecular flexibility index (Phi) is 6.56. The number of carboxylic acids is 1. The number of rotatable bonds is 10. The van der Waals surface area contributed by atoms with Crippen LogP contribution in [0.5, 0.6) is 0 Å². The van der Waals surface area contributed by atoms with E-state index in [0.717, 1.165) is 10.7 Å². The Bertz CT molecular complexity index is 1050. The zero-order valence-electron chi connectivity index (χ0n) is 18.3. The normalized spacial score (nSPS) is 18.1. The molecule has 2 aromatic rings. The predicted octanol–water partition coefficient (Wildman–Crippen LogP) is 2.32. The number of hydrogen-bond acceptors (Lipinski definition) is 8. The molecule has 1 N–H and O–H groups in total. The Morgan fingerprint density at radius 1 is 1.32 bits per heavy atom. The van der Waals surface area contributed by atoms with Crippen molar-refractivity contribution in [1.82, 2.24) is 10.1 Å². The van der Waals surface area contributed by atoms with Crippen molar-refractivity contribution >= 4 is 27.6 Å². The molecule has 1 saturated carbocycles. The van der Waals surface area contributed by atoms with E-state index in [0.29, 0.717) is 37.4 Å². The van der Waals surface area contributed by atoms with Gasteiger partial charge in [0.2, 0.25) is 0 Å². The van der Waals surface area contributed by atoms with Crippen molar-refractivity contribution in [2.24, 2.45) is 11.8 Å². The van der Waals surface area contributed by atoms with E-state index in [-0.39, 0.29) is 27.7 Å². The maximum Gasteiger partial charge on any atom is 0.335 e. The van der Waals surface area contributed by atoms with E-state index >= 15 is 0 Å². The van der Waals surface area contributed by atoms with Crippen LogP contribution in [0.1, 0.15) is 35.2 Å². The standard InChI is InChI=1S/C20H28N4O6S/c1-12-8-16(12)11-24(6-7-29-5)18-10-15(20(25)26)9-17(21-18)23(4)31(27,28)19-13(2)22-30-14(19)3/h9-10,12,16H,6-8,11H2,1-5H3,(H,25,26)/t12-,16+/m1/s1. The summed E-state index contributed by atoms with van der Waals surface area (Å²) in [5.74, 6) is 0.463. The van der Waals surface area contributed by atoms with Gasteiger partial charge in [0.05, 0.1) is 12.2 Å². The van der Waals surface area contributed by atoms with E-state index in [1.54, 1.807) is 7.11 Å². The molecule has 31 heavy (non-hydrogen) atoms. The number of carboxylic acid groups (broad SMARTS) is 1. The van der Waals surface area contributed by atoms with E-state index in [2.05, 4.69) is 17.1 Å². The molecule has 2 aromatic heterocycles. The number of methoxy groups -OCH3 is 1. The summed E-state index contributed by atoms with van der Waals surface area (Å²) >= 11 is 0. The molecular weight excluding hydrogens is 424 g/mol. The molecule has 0 amide bonds. The number of aryl methyl sites for hydroxylation is 2. The molecule has 2 heterocycles. The van der Waals surface area contributed by atoms with E-state index in [9.17, 15) is 18.3 Å². The van der Waals surface area contributed by atoms with Crippen LogP contribution in [0.4, 0.5) is 11.6 Å². The van der Waals surface area contributed by atoms with E-state index < -0.39 is 16.0 Å². The van der Waals surface area contributed by atoms with Gasteiger partial charge in [-0.05, 0) is 44.2 Å².